The van der Waals surface area contributed by atoms with Crippen LogP contribution in [0.4, 0.5) is 0 Å². The van der Waals surface area contributed by atoms with Crippen LogP contribution in [0.3, 0.4) is 0 Å². The molecule has 2 aromatic carbocycles. The van der Waals surface area contributed by atoms with E-state index in [9.17, 15) is 4.79 Å². The molecule has 0 heterocycles. The van der Waals surface area contributed by atoms with E-state index in [1.54, 1.807) is 6.92 Å². The molecule has 0 radical (unpaired) electrons. The summed E-state index contributed by atoms with van der Waals surface area (Å²) < 4.78 is 0. The van der Waals surface area contributed by atoms with Crippen LogP contribution in [0.5, 0.6) is 0 Å². The average Bonchev–Trinajstić information content (AvgIpc) is 2.52. The molecule has 0 aliphatic carbocycles. The Kier molecular flexibility index (Phi) is 5.51. The Morgan fingerprint density at radius 3 is 2.05 bits per heavy atom. The first-order valence-electron chi connectivity index (χ1n) is 7.80. The molecule has 2 atom stereocenters. The Morgan fingerprint density at radius 2 is 1.50 bits per heavy atom. The number of rotatable bonds is 6. The average molecular weight is 295 g/mol. The summed E-state index contributed by atoms with van der Waals surface area (Å²) in [5.74, 6) is 0.346. The summed E-state index contributed by atoms with van der Waals surface area (Å²) in [6.45, 7) is 3.88. The molecule has 0 saturated heterocycles. The van der Waals surface area contributed by atoms with Crippen LogP contribution >= 0.6 is 0 Å². The zero-order valence-corrected chi connectivity index (χ0v) is 13.9. The van der Waals surface area contributed by atoms with E-state index in [4.69, 9.17) is 0 Å². The highest BCUT2D eigenvalue weighted by Crippen LogP contribution is 2.34. The summed E-state index contributed by atoms with van der Waals surface area (Å²) in [6, 6.07) is 19.1. The molecule has 0 N–H and O–H groups in total. The Labute approximate surface area is 133 Å². The van der Waals surface area contributed by atoms with E-state index in [0.717, 1.165) is 0 Å². The van der Waals surface area contributed by atoms with Crippen LogP contribution < -0.4 is 0 Å². The second kappa shape index (κ2) is 7.37. The van der Waals surface area contributed by atoms with Crippen molar-refractivity contribution in [1.29, 1.82) is 0 Å². The minimum atomic E-state index is 0.122. The van der Waals surface area contributed by atoms with Gasteiger partial charge in [0.2, 0.25) is 0 Å². The zero-order valence-electron chi connectivity index (χ0n) is 13.9. The normalized spacial score (nSPS) is 13.9. The highest BCUT2D eigenvalue weighted by Gasteiger charge is 2.21. The van der Waals surface area contributed by atoms with Gasteiger partial charge in [0.1, 0.15) is 5.78 Å². The Bertz CT molecular complexity index is 619. The molecule has 2 unspecified atom stereocenters. The fraction of sp³-hybridized carbons (Fsp3) is 0.350. The van der Waals surface area contributed by atoms with E-state index in [1.807, 2.05) is 18.2 Å². The smallest absolute Gasteiger partial charge is 0.130 e. The molecule has 2 heteroatoms. The Hall–Kier alpha value is -1.93. The van der Waals surface area contributed by atoms with Crippen LogP contribution in [-0.4, -0.2) is 24.8 Å². The first-order chi connectivity index (χ1) is 10.5. The topological polar surface area (TPSA) is 20.3 Å². The summed E-state index contributed by atoms with van der Waals surface area (Å²) in [7, 11) is 4.17. The fourth-order valence-corrected chi connectivity index (χ4v) is 2.87. The van der Waals surface area contributed by atoms with Crippen molar-refractivity contribution in [3.05, 3.63) is 71.3 Å². The van der Waals surface area contributed by atoms with Gasteiger partial charge in [-0.05, 0) is 44.6 Å². The van der Waals surface area contributed by atoms with Gasteiger partial charge in [-0.3, -0.25) is 4.79 Å². The zero-order chi connectivity index (χ0) is 16.1. The second-order valence-electron chi connectivity index (χ2n) is 6.14. The molecule has 0 aliphatic rings. The van der Waals surface area contributed by atoms with Gasteiger partial charge in [0.25, 0.3) is 0 Å². The van der Waals surface area contributed by atoms with Gasteiger partial charge in [0.15, 0.2) is 0 Å². The Balaban J connectivity index is 2.51. The lowest BCUT2D eigenvalue weighted by atomic mass is 9.83. The number of hydrogen-bond donors (Lipinski definition) is 0. The molecule has 0 amide bonds. The standard InChI is InChI=1S/C20H25NO/c1-15(22)14-20(17-10-6-5-7-11-17)19-13-9-8-12-18(19)16(2)21(3)4/h5-13,16,20H,14H2,1-4H3. The summed E-state index contributed by atoms with van der Waals surface area (Å²) in [6.07, 6.45) is 0.543. The molecule has 0 fully saturated rings. The lowest BCUT2D eigenvalue weighted by Gasteiger charge is -2.27. The number of nitrogens with zero attached hydrogens (tertiary/aromatic N) is 1. The first kappa shape index (κ1) is 16.4. The fourth-order valence-electron chi connectivity index (χ4n) is 2.87. The SMILES string of the molecule is CC(=O)CC(c1ccccc1)c1ccccc1C(C)N(C)C. The van der Waals surface area contributed by atoms with E-state index in [2.05, 4.69) is 62.3 Å². The number of carbonyl (C=O) groups is 1. The molecule has 0 spiro atoms. The van der Waals surface area contributed by atoms with E-state index in [-0.39, 0.29) is 11.7 Å². The largest absolute Gasteiger partial charge is 0.303 e. The number of Topliss-reactive ketones (excluding diaryl/α,β-unsaturated/α-hetero) is 1. The minimum absolute atomic E-state index is 0.122. The predicted molar refractivity (Wildman–Crippen MR) is 92.1 cm³/mol. The predicted octanol–water partition coefficient (Wildman–Crippen LogP) is 4.42. The summed E-state index contributed by atoms with van der Waals surface area (Å²) in [5, 5.41) is 0. The number of carbonyl (C=O) groups excluding carboxylic acids is 1. The quantitative estimate of drug-likeness (QED) is 0.786. The first-order valence-corrected chi connectivity index (χ1v) is 7.80. The highest BCUT2D eigenvalue weighted by molar-refractivity contribution is 5.77. The minimum Gasteiger partial charge on any atom is -0.303 e. The van der Waals surface area contributed by atoms with Gasteiger partial charge >= 0.3 is 0 Å². The second-order valence-corrected chi connectivity index (χ2v) is 6.14. The Morgan fingerprint density at radius 1 is 0.955 bits per heavy atom. The van der Waals surface area contributed by atoms with Crippen LogP contribution in [0.15, 0.2) is 54.6 Å². The molecular formula is C20H25NO. The van der Waals surface area contributed by atoms with Crippen molar-refractivity contribution in [2.45, 2.75) is 32.2 Å². The van der Waals surface area contributed by atoms with Crippen LogP contribution in [-0.2, 0) is 4.79 Å². The number of ketones is 1. The van der Waals surface area contributed by atoms with Crippen molar-refractivity contribution in [3.8, 4) is 0 Å². The molecule has 2 aromatic rings. The van der Waals surface area contributed by atoms with Crippen molar-refractivity contribution < 1.29 is 4.79 Å². The van der Waals surface area contributed by atoms with E-state index in [1.165, 1.54) is 16.7 Å². The van der Waals surface area contributed by atoms with Gasteiger partial charge in [0.05, 0.1) is 0 Å². The third kappa shape index (κ3) is 3.83. The van der Waals surface area contributed by atoms with Crippen molar-refractivity contribution >= 4 is 5.78 Å². The third-order valence-corrected chi connectivity index (χ3v) is 4.29. The van der Waals surface area contributed by atoms with Gasteiger partial charge < -0.3 is 4.90 Å². The maximum atomic E-state index is 11.8. The highest BCUT2D eigenvalue weighted by atomic mass is 16.1. The molecule has 0 aromatic heterocycles. The van der Waals surface area contributed by atoms with Gasteiger partial charge in [-0.1, -0.05) is 54.6 Å². The molecule has 0 aliphatic heterocycles. The summed E-state index contributed by atoms with van der Waals surface area (Å²) in [5.41, 5.74) is 3.75. The van der Waals surface area contributed by atoms with Crippen molar-refractivity contribution in [2.75, 3.05) is 14.1 Å². The number of hydrogen-bond acceptors (Lipinski definition) is 2. The maximum absolute atomic E-state index is 11.8. The van der Waals surface area contributed by atoms with Gasteiger partial charge in [-0.15, -0.1) is 0 Å². The molecule has 0 saturated carbocycles. The molecular weight excluding hydrogens is 270 g/mol. The van der Waals surface area contributed by atoms with E-state index < -0.39 is 0 Å². The summed E-state index contributed by atoms with van der Waals surface area (Å²) >= 11 is 0. The molecule has 22 heavy (non-hydrogen) atoms. The van der Waals surface area contributed by atoms with Crippen LogP contribution in [0.25, 0.3) is 0 Å². The third-order valence-electron chi connectivity index (χ3n) is 4.29. The molecule has 2 rings (SSSR count). The van der Waals surface area contributed by atoms with Gasteiger partial charge in [-0.25, -0.2) is 0 Å². The van der Waals surface area contributed by atoms with Crippen molar-refractivity contribution in [3.63, 3.8) is 0 Å². The van der Waals surface area contributed by atoms with Crippen LogP contribution in [0.2, 0.25) is 0 Å². The van der Waals surface area contributed by atoms with Crippen LogP contribution in [0.1, 0.15) is 48.9 Å². The monoisotopic (exact) mass is 295 g/mol. The van der Waals surface area contributed by atoms with Crippen molar-refractivity contribution in [1.82, 2.24) is 4.90 Å². The van der Waals surface area contributed by atoms with Gasteiger partial charge in [0, 0.05) is 18.4 Å². The molecule has 2 nitrogen and oxygen atoms in total. The maximum Gasteiger partial charge on any atom is 0.130 e. The van der Waals surface area contributed by atoms with Crippen molar-refractivity contribution in [2.24, 2.45) is 0 Å². The molecule has 116 valence electrons. The number of benzene rings is 2. The van der Waals surface area contributed by atoms with E-state index in [0.29, 0.717) is 12.5 Å². The van der Waals surface area contributed by atoms with Gasteiger partial charge in [-0.2, -0.15) is 0 Å². The summed E-state index contributed by atoms with van der Waals surface area (Å²) in [4.78, 5) is 14.0. The van der Waals surface area contributed by atoms with E-state index >= 15 is 0 Å². The lowest BCUT2D eigenvalue weighted by Crippen LogP contribution is -2.19. The lowest BCUT2D eigenvalue weighted by molar-refractivity contribution is -0.117. The molecule has 0 bridgehead atoms. The van der Waals surface area contributed by atoms with Crippen LogP contribution in [0, 0.1) is 0 Å².